The van der Waals surface area contributed by atoms with Crippen molar-refractivity contribution >= 4 is 11.6 Å². The van der Waals surface area contributed by atoms with Crippen molar-refractivity contribution in [2.24, 2.45) is 10.4 Å². The number of fused-ring (bicyclic) bond motifs is 1. The second-order valence-electron chi connectivity index (χ2n) is 5.04. The van der Waals surface area contributed by atoms with Gasteiger partial charge in [-0.2, -0.15) is 4.91 Å². The summed E-state index contributed by atoms with van der Waals surface area (Å²) in [5.41, 5.74) is 3.50. The van der Waals surface area contributed by atoms with Gasteiger partial charge in [0.2, 0.25) is 0 Å². The number of hydrazine groups is 1. The van der Waals surface area contributed by atoms with E-state index in [0.717, 1.165) is 5.69 Å². The highest BCUT2D eigenvalue weighted by Gasteiger charge is 2.36. The van der Waals surface area contributed by atoms with Crippen LogP contribution in [0.25, 0.3) is 0 Å². The largest absolute Gasteiger partial charge is 0.309 e. The molecule has 100 valence electrons. The number of carbonyl (C=O) groups excluding carboxylic acids is 1. The van der Waals surface area contributed by atoms with E-state index in [1.54, 1.807) is 37.1 Å². The molecule has 2 rings (SSSR count). The molecule has 0 fully saturated rings. The molecule has 0 bridgehead atoms. The number of nitrogens with zero attached hydrogens (tertiary/aromatic N) is 3. The summed E-state index contributed by atoms with van der Waals surface area (Å²) in [6.07, 6.45) is 0. The van der Waals surface area contributed by atoms with Crippen LogP contribution in [0.1, 0.15) is 25.5 Å². The molecule has 7 heteroatoms. The number of hydrogen-bond donors (Lipinski definition) is 1. The normalized spacial score (nSPS) is 18.0. The predicted octanol–water partition coefficient (Wildman–Crippen LogP) is 1.89. The molecule has 0 saturated carbocycles. The number of nitrogens with one attached hydrogen (secondary N) is 1. The fourth-order valence-electron chi connectivity index (χ4n) is 2.06. The summed E-state index contributed by atoms with van der Waals surface area (Å²) in [6.45, 7) is 3.67. The van der Waals surface area contributed by atoms with Crippen LogP contribution in [0.3, 0.4) is 0 Å². The SMILES string of the molecule is CC(C)(CN1NC(C(=O)N=O)c2ccccc21)N=O. The molecule has 1 aliphatic rings. The molecule has 1 N–H and O–H groups in total. The van der Waals surface area contributed by atoms with E-state index >= 15 is 0 Å². The first-order valence-corrected chi connectivity index (χ1v) is 5.83. The van der Waals surface area contributed by atoms with Crippen molar-refractivity contribution in [2.45, 2.75) is 25.4 Å². The number of nitroso groups, excluding NO2 is 2. The average Bonchev–Trinajstić information content (AvgIpc) is 2.77. The Kier molecular flexibility index (Phi) is 3.39. The van der Waals surface area contributed by atoms with Crippen LogP contribution in [0.4, 0.5) is 5.69 Å². The van der Waals surface area contributed by atoms with Gasteiger partial charge < -0.3 is 5.01 Å². The van der Waals surface area contributed by atoms with Gasteiger partial charge in [-0.3, -0.25) is 4.79 Å². The third kappa shape index (κ3) is 2.50. The summed E-state index contributed by atoms with van der Waals surface area (Å²) in [7, 11) is 0. The van der Waals surface area contributed by atoms with Gasteiger partial charge in [-0.25, -0.2) is 5.43 Å². The molecule has 19 heavy (non-hydrogen) atoms. The molecule has 1 aromatic carbocycles. The Morgan fingerprint density at radius 3 is 2.68 bits per heavy atom. The Labute approximate surface area is 109 Å². The molecule has 1 atom stereocenters. The van der Waals surface area contributed by atoms with Gasteiger partial charge in [-0.15, -0.1) is 4.91 Å². The monoisotopic (exact) mass is 262 g/mol. The zero-order valence-corrected chi connectivity index (χ0v) is 10.7. The average molecular weight is 262 g/mol. The first kappa shape index (κ1) is 13.3. The van der Waals surface area contributed by atoms with Crippen molar-refractivity contribution in [3.05, 3.63) is 39.6 Å². The molecule has 1 amide bonds. The summed E-state index contributed by atoms with van der Waals surface area (Å²) >= 11 is 0. The molecular formula is C12H14N4O3. The van der Waals surface area contributed by atoms with Crippen LogP contribution >= 0.6 is 0 Å². The number of hydrogen-bond acceptors (Lipinski definition) is 6. The Hall–Kier alpha value is -2.15. The van der Waals surface area contributed by atoms with Gasteiger partial charge >= 0.3 is 5.91 Å². The molecule has 1 unspecified atom stereocenters. The van der Waals surface area contributed by atoms with E-state index in [2.05, 4.69) is 15.8 Å². The van der Waals surface area contributed by atoms with Crippen molar-refractivity contribution in [2.75, 3.05) is 11.6 Å². The number of carbonyl (C=O) groups is 1. The summed E-state index contributed by atoms with van der Waals surface area (Å²) in [5.74, 6) is -0.785. The highest BCUT2D eigenvalue weighted by Crippen LogP contribution is 2.34. The van der Waals surface area contributed by atoms with E-state index in [-0.39, 0.29) is 6.54 Å². The van der Waals surface area contributed by atoms with Crippen LogP contribution < -0.4 is 10.4 Å². The lowest BCUT2D eigenvalue weighted by Crippen LogP contribution is -2.44. The van der Waals surface area contributed by atoms with Crippen molar-refractivity contribution in [1.82, 2.24) is 5.43 Å². The molecule has 0 saturated heterocycles. The fraction of sp³-hybridized carbons (Fsp3) is 0.417. The number of anilines is 1. The highest BCUT2D eigenvalue weighted by molar-refractivity contribution is 5.87. The van der Waals surface area contributed by atoms with E-state index in [1.807, 2.05) is 6.07 Å². The number of amides is 1. The molecule has 7 nitrogen and oxygen atoms in total. The van der Waals surface area contributed by atoms with Gasteiger partial charge in [0, 0.05) is 10.7 Å². The Morgan fingerprint density at radius 1 is 1.37 bits per heavy atom. The molecule has 0 aromatic heterocycles. The lowest BCUT2D eigenvalue weighted by molar-refractivity contribution is -0.119. The topological polar surface area (TPSA) is 91.2 Å². The standard InChI is InChI=1S/C12H14N4O3/c1-12(2,15-19)7-16-9-6-4-3-5-8(9)10(13-16)11(17)14-18/h3-6,10,13H,7H2,1-2H3. The fourth-order valence-corrected chi connectivity index (χ4v) is 2.06. The van der Waals surface area contributed by atoms with E-state index in [4.69, 9.17) is 0 Å². The van der Waals surface area contributed by atoms with E-state index in [9.17, 15) is 14.6 Å². The van der Waals surface area contributed by atoms with Crippen LogP contribution in [0.15, 0.2) is 34.6 Å². The quantitative estimate of drug-likeness (QED) is 0.836. The van der Waals surface area contributed by atoms with Crippen LogP contribution in [0.5, 0.6) is 0 Å². The lowest BCUT2D eigenvalue weighted by atomic mass is 10.1. The summed E-state index contributed by atoms with van der Waals surface area (Å²) < 4.78 is 0. The third-order valence-corrected chi connectivity index (χ3v) is 2.95. The maximum Gasteiger partial charge on any atom is 0.309 e. The summed E-state index contributed by atoms with van der Waals surface area (Å²) in [6, 6.07) is 6.35. The van der Waals surface area contributed by atoms with Gasteiger partial charge in [-0.05, 0) is 19.9 Å². The van der Waals surface area contributed by atoms with Crippen molar-refractivity contribution < 1.29 is 4.79 Å². The number of para-hydroxylation sites is 1. The predicted molar refractivity (Wildman–Crippen MR) is 70.3 cm³/mol. The minimum Gasteiger partial charge on any atom is -0.304 e. The van der Waals surface area contributed by atoms with Gasteiger partial charge in [0.1, 0.15) is 11.6 Å². The highest BCUT2D eigenvalue weighted by atomic mass is 16.3. The number of benzene rings is 1. The van der Waals surface area contributed by atoms with Gasteiger partial charge in [0.05, 0.1) is 12.2 Å². The molecule has 1 aliphatic heterocycles. The Balaban J connectivity index is 2.33. The molecule has 0 aliphatic carbocycles. The van der Waals surface area contributed by atoms with Crippen LogP contribution in [0, 0.1) is 9.81 Å². The van der Waals surface area contributed by atoms with Crippen LogP contribution in [0.2, 0.25) is 0 Å². The molecule has 0 radical (unpaired) electrons. The van der Waals surface area contributed by atoms with Crippen molar-refractivity contribution in [3.63, 3.8) is 0 Å². The molecule has 1 aromatic rings. The first-order chi connectivity index (χ1) is 8.98. The van der Waals surface area contributed by atoms with Crippen molar-refractivity contribution in [3.8, 4) is 0 Å². The summed E-state index contributed by atoms with van der Waals surface area (Å²) in [4.78, 5) is 32.7. The van der Waals surface area contributed by atoms with Crippen LogP contribution in [-0.4, -0.2) is 18.0 Å². The number of rotatable bonds is 4. The van der Waals surface area contributed by atoms with Gasteiger partial charge in [0.15, 0.2) is 0 Å². The molecule has 1 heterocycles. The third-order valence-electron chi connectivity index (χ3n) is 2.95. The van der Waals surface area contributed by atoms with Crippen molar-refractivity contribution in [1.29, 1.82) is 0 Å². The summed E-state index contributed by atoms with van der Waals surface area (Å²) in [5, 5.41) is 7.16. The lowest BCUT2D eigenvalue weighted by Gasteiger charge is -2.26. The first-order valence-electron chi connectivity index (χ1n) is 5.83. The van der Waals surface area contributed by atoms with E-state index < -0.39 is 17.5 Å². The van der Waals surface area contributed by atoms with E-state index in [1.165, 1.54) is 0 Å². The Bertz CT molecular complexity index is 529. The van der Waals surface area contributed by atoms with Crippen LogP contribution in [-0.2, 0) is 4.79 Å². The Morgan fingerprint density at radius 2 is 2.05 bits per heavy atom. The van der Waals surface area contributed by atoms with E-state index in [0.29, 0.717) is 5.56 Å². The second-order valence-corrected chi connectivity index (χ2v) is 5.04. The maximum atomic E-state index is 11.5. The maximum absolute atomic E-state index is 11.5. The molecule has 0 spiro atoms. The van der Waals surface area contributed by atoms with Gasteiger partial charge in [0.25, 0.3) is 0 Å². The zero-order chi connectivity index (χ0) is 14.0. The zero-order valence-electron chi connectivity index (χ0n) is 10.7. The van der Waals surface area contributed by atoms with Gasteiger partial charge in [-0.1, -0.05) is 23.4 Å². The minimum absolute atomic E-state index is 0.288. The minimum atomic E-state index is -0.813. The smallest absolute Gasteiger partial charge is 0.304 e. The molecular weight excluding hydrogens is 248 g/mol. The second kappa shape index (κ2) is 4.85.